The standard InChI is InChI=1S/C23H19NO/c1-17-9-5-6-12-19(17)23-21(16-25)20-13-7-8-14-22(20)24(23)15-18-10-3-2-4-11-18/h2-14,16H,15H2,1H3. The summed E-state index contributed by atoms with van der Waals surface area (Å²) < 4.78 is 2.26. The van der Waals surface area contributed by atoms with E-state index in [1.807, 2.05) is 36.4 Å². The predicted molar refractivity (Wildman–Crippen MR) is 103 cm³/mol. The average Bonchev–Trinajstić information content (AvgIpc) is 2.96. The molecule has 0 bridgehead atoms. The van der Waals surface area contributed by atoms with Gasteiger partial charge >= 0.3 is 0 Å². The van der Waals surface area contributed by atoms with Crippen LogP contribution in [0.4, 0.5) is 0 Å². The minimum absolute atomic E-state index is 0.735. The Morgan fingerprint density at radius 2 is 1.52 bits per heavy atom. The molecular weight excluding hydrogens is 306 g/mol. The van der Waals surface area contributed by atoms with E-state index in [2.05, 4.69) is 54.0 Å². The first-order valence-electron chi connectivity index (χ1n) is 8.46. The molecule has 3 aromatic carbocycles. The van der Waals surface area contributed by atoms with E-state index >= 15 is 0 Å². The minimum atomic E-state index is 0.735. The highest BCUT2D eigenvalue weighted by molar-refractivity contribution is 6.05. The average molecular weight is 325 g/mol. The molecule has 1 aromatic heterocycles. The summed E-state index contributed by atoms with van der Waals surface area (Å²) in [7, 11) is 0. The van der Waals surface area contributed by atoms with Gasteiger partial charge in [0.1, 0.15) is 0 Å². The van der Waals surface area contributed by atoms with Crippen LogP contribution in [0.3, 0.4) is 0 Å². The van der Waals surface area contributed by atoms with Crippen LogP contribution < -0.4 is 0 Å². The van der Waals surface area contributed by atoms with Crippen molar-refractivity contribution in [3.63, 3.8) is 0 Å². The first-order chi connectivity index (χ1) is 12.3. The van der Waals surface area contributed by atoms with Crippen LogP contribution in [-0.4, -0.2) is 10.9 Å². The van der Waals surface area contributed by atoms with Crippen molar-refractivity contribution in [3.05, 3.63) is 95.6 Å². The van der Waals surface area contributed by atoms with Gasteiger partial charge in [0.15, 0.2) is 6.29 Å². The molecule has 2 heteroatoms. The lowest BCUT2D eigenvalue weighted by atomic mass is 10.0. The van der Waals surface area contributed by atoms with Crippen LogP contribution in [0.1, 0.15) is 21.5 Å². The molecule has 0 spiro atoms. The lowest BCUT2D eigenvalue weighted by molar-refractivity contribution is 0.112. The topological polar surface area (TPSA) is 22.0 Å². The van der Waals surface area contributed by atoms with Gasteiger partial charge in [-0.25, -0.2) is 0 Å². The molecule has 0 amide bonds. The zero-order valence-corrected chi connectivity index (χ0v) is 14.1. The summed E-state index contributed by atoms with van der Waals surface area (Å²) in [5, 5.41) is 1.01. The number of para-hydroxylation sites is 1. The van der Waals surface area contributed by atoms with E-state index in [-0.39, 0.29) is 0 Å². The van der Waals surface area contributed by atoms with Gasteiger partial charge in [-0.3, -0.25) is 4.79 Å². The van der Waals surface area contributed by atoms with E-state index in [9.17, 15) is 4.79 Å². The number of carbonyl (C=O) groups is 1. The summed E-state index contributed by atoms with van der Waals surface area (Å²) in [6, 6.07) is 26.8. The fourth-order valence-corrected chi connectivity index (χ4v) is 3.51. The highest BCUT2D eigenvalue weighted by Crippen LogP contribution is 2.35. The monoisotopic (exact) mass is 325 g/mol. The van der Waals surface area contributed by atoms with Crippen LogP contribution in [0.5, 0.6) is 0 Å². The van der Waals surface area contributed by atoms with Gasteiger partial charge in [0.2, 0.25) is 0 Å². The number of carbonyl (C=O) groups excluding carboxylic acids is 1. The molecule has 0 saturated carbocycles. The Bertz CT molecular complexity index is 1040. The van der Waals surface area contributed by atoms with Crippen LogP contribution in [-0.2, 0) is 6.54 Å². The molecular formula is C23H19NO. The van der Waals surface area contributed by atoms with Crippen LogP contribution in [0, 0.1) is 6.92 Å². The molecule has 4 aromatic rings. The van der Waals surface area contributed by atoms with Crippen molar-refractivity contribution in [1.29, 1.82) is 0 Å². The van der Waals surface area contributed by atoms with E-state index < -0.39 is 0 Å². The lowest BCUT2D eigenvalue weighted by Crippen LogP contribution is -2.03. The van der Waals surface area contributed by atoms with Gasteiger partial charge in [-0.2, -0.15) is 0 Å². The maximum atomic E-state index is 12.0. The summed E-state index contributed by atoms with van der Waals surface area (Å²) >= 11 is 0. The van der Waals surface area contributed by atoms with Crippen LogP contribution in [0.25, 0.3) is 22.2 Å². The zero-order valence-electron chi connectivity index (χ0n) is 14.1. The Hall–Kier alpha value is -3.13. The number of aldehydes is 1. The predicted octanol–water partition coefficient (Wildman–Crippen LogP) is 5.48. The normalized spacial score (nSPS) is 10.9. The van der Waals surface area contributed by atoms with E-state index in [4.69, 9.17) is 0 Å². The van der Waals surface area contributed by atoms with Crippen molar-refractivity contribution in [2.45, 2.75) is 13.5 Å². The van der Waals surface area contributed by atoms with Gasteiger partial charge in [-0.1, -0.05) is 72.8 Å². The van der Waals surface area contributed by atoms with Crippen molar-refractivity contribution in [1.82, 2.24) is 4.57 Å². The highest BCUT2D eigenvalue weighted by Gasteiger charge is 2.19. The molecule has 0 radical (unpaired) electrons. The summed E-state index contributed by atoms with van der Waals surface area (Å²) in [4.78, 5) is 12.0. The van der Waals surface area contributed by atoms with E-state index in [0.29, 0.717) is 0 Å². The second kappa shape index (κ2) is 6.40. The van der Waals surface area contributed by atoms with Gasteiger partial charge in [-0.05, 0) is 24.1 Å². The molecule has 0 unspecified atom stereocenters. The SMILES string of the molecule is Cc1ccccc1-c1c(C=O)c2ccccc2n1Cc1ccccc1. The fourth-order valence-electron chi connectivity index (χ4n) is 3.51. The zero-order chi connectivity index (χ0) is 17.2. The number of hydrogen-bond donors (Lipinski definition) is 0. The molecule has 0 fully saturated rings. The third-order valence-electron chi connectivity index (χ3n) is 4.71. The molecule has 1 heterocycles. The van der Waals surface area contributed by atoms with Gasteiger partial charge in [0.25, 0.3) is 0 Å². The second-order valence-corrected chi connectivity index (χ2v) is 6.28. The van der Waals surface area contributed by atoms with Gasteiger partial charge in [0, 0.05) is 28.6 Å². The quantitative estimate of drug-likeness (QED) is 0.456. The number of benzene rings is 3. The molecule has 2 nitrogen and oxygen atoms in total. The number of aryl methyl sites for hydroxylation is 1. The van der Waals surface area contributed by atoms with Gasteiger partial charge in [-0.15, -0.1) is 0 Å². The number of hydrogen-bond acceptors (Lipinski definition) is 1. The molecule has 0 aliphatic heterocycles. The first kappa shape index (κ1) is 15.4. The summed E-state index contributed by atoms with van der Waals surface area (Å²) in [5.74, 6) is 0. The van der Waals surface area contributed by atoms with Gasteiger partial charge < -0.3 is 4.57 Å². The van der Waals surface area contributed by atoms with Crippen LogP contribution in [0.2, 0.25) is 0 Å². The summed E-state index contributed by atoms with van der Waals surface area (Å²) in [6.45, 7) is 2.83. The third-order valence-corrected chi connectivity index (χ3v) is 4.71. The van der Waals surface area contributed by atoms with E-state index in [1.54, 1.807) is 0 Å². The molecule has 4 rings (SSSR count). The van der Waals surface area contributed by atoms with E-state index in [1.165, 1.54) is 11.1 Å². The Labute approximate surface area is 147 Å². The number of rotatable bonds is 4. The maximum absolute atomic E-state index is 12.0. The van der Waals surface area contributed by atoms with Crippen molar-refractivity contribution in [2.24, 2.45) is 0 Å². The van der Waals surface area contributed by atoms with Gasteiger partial charge in [0.05, 0.1) is 5.69 Å². The number of nitrogens with zero attached hydrogens (tertiary/aromatic N) is 1. The molecule has 122 valence electrons. The fraction of sp³-hybridized carbons (Fsp3) is 0.0870. The van der Waals surface area contributed by atoms with Crippen LogP contribution >= 0.6 is 0 Å². The Morgan fingerprint density at radius 3 is 2.28 bits per heavy atom. The maximum Gasteiger partial charge on any atom is 0.152 e. The molecule has 0 aliphatic rings. The summed E-state index contributed by atoms with van der Waals surface area (Å²) in [6.07, 6.45) is 0.992. The van der Waals surface area contributed by atoms with Crippen molar-refractivity contribution < 1.29 is 4.79 Å². The number of aromatic nitrogens is 1. The second-order valence-electron chi connectivity index (χ2n) is 6.28. The first-order valence-corrected chi connectivity index (χ1v) is 8.46. The molecule has 0 atom stereocenters. The third kappa shape index (κ3) is 2.66. The molecule has 25 heavy (non-hydrogen) atoms. The molecule has 0 saturated heterocycles. The molecule has 0 N–H and O–H groups in total. The molecule has 0 aliphatic carbocycles. The van der Waals surface area contributed by atoms with Crippen molar-refractivity contribution in [3.8, 4) is 11.3 Å². The van der Waals surface area contributed by atoms with Crippen molar-refractivity contribution in [2.75, 3.05) is 0 Å². The summed E-state index contributed by atoms with van der Waals surface area (Å²) in [5.41, 5.74) is 6.35. The lowest BCUT2D eigenvalue weighted by Gasteiger charge is -2.13. The van der Waals surface area contributed by atoms with Crippen molar-refractivity contribution >= 4 is 17.2 Å². The minimum Gasteiger partial charge on any atom is -0.335 e. The Morgan fingerprint density at radius 1 is 0.840 bits per heavy atom. The smallest absolute Gasteiger partial charge is 0.152 e. The Kier molecular flexibility index (Phi) is 3.95. The number of fused-ring (bicyclic) bond motifs is 1. The Balaban J connectivity index is 2.04. The highest BCUT2D eigenvalue weighted by atomic mass is 16.1. The van der Waals surface area contributed by atoms with E-state index in [0.717, 1.165) is 40.6 Å². The largest absolute Gasteiger partial charge is 0.335 e. The van der Waals surface area contributed by atoms with Crippen LogP contribution in [0.15, 0.2) is 78.9 Å².